The highest BCUT2D eigenvalue weighted by Crippen LogP contribution is 2.37. The molecule has 8 aromatic carbocycles. The van der Waals surface area contributed by atoms with Crippen LogP contribution in [-0.2, 0) is 0 Å². The van der Waals surface area contributed by atoms with E-state index in [1.807, 2.05) is 103 Å². The van der Waals surface area contributed by atoms with Crippen LogP contribution in [0.2, 0.25) is 0 Å². The van der Waals surface area contributed by atoms with E-state index >= 15 is 0 Å². The van der Waals surface area contributed by atoms with Crippen LogP contribution in [0.4, 0.5) is 0 Å². The first kappa shape index (κ1) is 36.1. The summed E-state index contributed by atoms with van der Waals surface area (Å²) in [4.78, 5) is 30.3. The quantitative estimate of drug-likeness (QED) is 0.145. The maximum Gasteiger partial charge on any atom is 0.164 e. The molecule has 0 fully saturated rings. The molecular weight excluding hydrogens is 733 g/mol. The van der Waals surface area contributed by atoms with E-state index in [1.165, 1.54) is 0 Å². The van der Waals surface area contributed by atoms with Gasteiger partial charge >= 0.3 is 0 Å². The molecule has 0 spiro atoms. The van der Waals surface area contributed by atoms with Gasteiger partial charge in [-0.3, -0.25) is 0 Å². The van der Waals surface area contributed by atoms with Gasteiger partial charge in [0.1, 0.15) is 0 Å². The van der Waals surface area contributed by atoms with Crippen LogP contribution >= 0.6 is 0 Å². The van der Waals surface area contributed by atoms with Gasteiger partial charge in [0.15, 0.2) is 34.9 Å². The second kappa shape index (κ2) is 16.3. The summed E-state index contributed by atoms with van der Waals surface area (Å²) in [6.45, 7) is 0. The van der Waals surface area contributed by atoms with E-state index in [-0.39, 0.29) is 0 Å². The van der Waals surface area contributed by atoms with Gasteiger partial charge in [0.25, 0.3) is 0 Å². The van der Waals surface area contributed by atoms with Crippen LogP contribution in [0, 0.1) is 0 Å². The molecule has 2 heterocycles. The molecule has 0 radical (unpaired) electrons. The fraction of sp³-hybridized carbons (Fsp3) is 0. The van der Waals surface area contributed by atoms with Gasteiger partial charge in [-0.15, -0.1) is 0 Å². The van der Waals surface area contributed by atoms with Crippen molar-refractivity contribution < 1.29 is 0 Å². The largest absolute Gasteiger partial charge is 0.208 e. The lowest BCUT2D eigenvalue weighted by Gasteiger charge is -2.14. The molecule has 60 heavy (non-hydrogen) atoms. The number of aromatic nitrogens is 6. The van der Waals surface area contributed by atoms with Crippen molar-refractivity contribution >= 4 is 0 Å². The van der Waals surface area contributed by atoms with E-state index in [1.54, 1.807) is 0 Å². The van der Waals surface area contributed by atoms with Gasteiger partial charge in [0.05, 0.1) is 0 Å². The molecule has 0 N–H and O–H groups in total. The number of hydrogen-bond donors (Lipinski definition) is 0. The van der Waals surface area contributed by atoms with Crippen molar-refractivity contribution in [2.45, 2.75) is 0 Å². The van der Waals surface area contributed by atoms with E-state index in [2.05, 4.69) is 115 Å². The molecule has 0 aliphatic heterocycles. The van der Waals surface area contributed by atoms with Crippen molar-refractivity contribution in [3.8, 4) is 102 Å². The monoisotopic (exact) mass is 768 g/mol. The highest BCUT2D eigenvalue weighted by Gasteiger charge is 2.18. The Hall–Kier alpha value is -8.22. The summed E-state index contributed by atoms with van der Waals surface area (Å²) in [6, 6.07) is 74.2. The van der Waals surface area contributed by atoms with Gasteiger partial charge in [-0.05, 0) is 45.5 Å². The molecule has 6 heteroatoms. The van der Waals surface area contributed by atoms with E-state index < -0.39 is 0 Å². The summed E-state index contributed by atoms with van der Waals surface area (Å²) in [7, 11) is 0. The summed E-state index contributed by atoms with van der Waals surface area (Å²) in [5.41, 5.74) is 11.8. The summed E-state index contributed by atoms with van der Waals surface area (Å²) < 4.78 is 0. The first-order chi connectivity index (χ1) is 29.7. The van der Waals surface area contributed by atoms with Crippen LogP contribution < -0.4 is 0 Å². The van der Waals surface area contributed by atoms with Gasteiger partial charge < -0.3 is 0 Å². The molecule has 10 aromatic rings. The van der Waals surface area contributed by atoms with Crippen LogP contribution in [0.25, 0.3) is 102 Å². The maximum absolute atomic E-state index is 5.14. The third-order valence-corrected chi connectivity index (χ3v) is 10.4. The summed E-state index contributed by atoms with van der Waals surface area (Å²) in [5.74, 6) is 3.62. The van der Waals surface area contributed by atoms with Crippen molar-refractivity contribution in [3.63, 3.8) is 0 Å². The molecule has 6 nitrogen and oxygen atoms in total. The molecule has 0 aliphatic rings. The molecule has 0 amide bonds. The molecule has 0 unspecified atom stereocenters. The Labute approximate surface area is 348 Å². The average Bonchev–Trinajstić information content (AvgIpc) is 3.35. The molecule has 282 valence electrons. The van der Waals surface area contributed by atoms with Gasteiger partial charge in [-0.25, -0.2) is 29.9 Å². The van der Waals surface area contributed by atoms with E-state index in [0.29, 0.717) is 34.9 Å². The van der Waals surface area contributed by atoms with Crippen LogP contribution in [0.5, 0.6) is 0 Å². The Kier molecular flexibility index (Phi) is 9.84. The molecule has 0 saturated carbocycles. The summed E-state index contributed by atoms with van der Waals surface area (Å²) >= 11 is 0. The Morgan fingerprint density at radius 1 is 0.167 bits per heavy atom. The molecule has 0 bridgehead atoms. The van der Waals surface area contributed by atoms with Crippen molar-refractivity contribution in [3.05, 3.63) is 218 Å². The van der Waals surface area contributed by atoms with Gasteiger partial charge in [-0.2, -0.15) is 0 Å². The zero-order valence-corrected chi connectivity index (χ0v) is 32.5. The standard InChI is InChI=1S/C54H36N6/c1-6-17-37(18-7-1)38-29-31-43(32-30-38)52-55-49(40-21-10-3-11-22-40)57-53(58-52)46-28-16-27-44(35-46)45-33-34-47(39-19-8-2-9-20-39)48(36-45)54-59-50(41-23-12-4-13-24-41)56-51(60-54)42-25-14-5-15-26-42/h1-36H. The van der Waals surface area contributed by atoms with Crippen LogP contribution in [0.3, 0.4) is 0 Å². The average molecular weight is 769 g/mol. The van der Waals surface area contributed by atoms with Gasteiger partial charge in [0.2, 0.25) is 0 Å². The Balaban J connectivity index is 1.10. The Morgan fingerprint density at radius 3 is 0.950 bits per heavy atom. The molecule has 0 atom stereocenters. The van der Waals surface area contributed by atoms with Gasteiger partial charge in [0, 0.05) is 33.4 Å². The topological polar surface area (TPSA) is 77.3 Å². The highest BCUT2D eigenvalue weighted by molar-refractivity contribution is 5.86. The summed E-state index contributed by atoms with van der Waals surface area (Å²) in [5, 5.41) is 0. The SMILES string of the molecule is c1ccc(-c2ccc(-c3nc(-c4ccccc4)nc(-c4cccc(-c5ccc(-c6ccccc6)c(-c6nc(-c7ccccc7)nc(-c7ccccc7)n6)c5)c4)n3)cc2)cc1. The number of rotatable bonds is 9. The minimum Gasteiger partial charge on any atom is -0.208 e. The first-order valence-corrected chi connectivity index (χ1v) is 19.9. The minimum atomic E-state index is 0.589. The smallest absolute Gasteiger partial charge is 0.164 e. The fourth-order valence-electron chi connectivity index (χ4n) is 7.34. The number of nitrogens with zero attached hydrogens (tertiary/aromatic N) is 6. The molecule has 2 aromatic heterocycles. The second-order valence-corrected chi connectivity index (χ2v) is 14.4. The Bertz CT molecular complexity index is 2990. The van der Waals surface area contributed by atoms with E-state index in [9.17, 15) is 0 Å². The third-order valence-electron chi connectivity index (χ3n) is 10.4. The summed E-state index contributed by atoms with van der Waals surface area (Å²) in [6.07, 6.45) is 0. The van der Waals surface area contributed by atoms with Crippen molar-refractivity contribution in [1.82, 2.24) is 29.9 Å². The van der Waals surface area contributed by atoms with E-state index in [4.69, 9.17) is 29.9 Å². The molecule has 10 rings (SSSR count). The van der Waals surface area contributed by atoms with Crippen molar-refractivity contribution in [2.75, 3.05) is 0 Å². The molecule has 0 saturated heterocycles. The Morgan fingerprint density at radius 2 is 0.467 bits per heavy atom. The lowest BCUT2D eigenvalue weighted by molar-refractivity contribution is 1.07. The van der Waals surface area contributed by atoms with Gasteiger partial charge in [-0.1, -0.05) is 206 Å². The van der Waals surface area contributed by atoms with Crippen LogP contribution in [0.1, 0.15) is 0 Å². The second-order valence-electron chi connectivity index (χ2n) is 14.4. The predicted molar refractivity (Wildman–Crippen MR) is 242 cm³/mol. The zero-order valence-electron chi connectivity index (χ0n) is 32.5. The third kappa shape index (κ3) is 7.61. The normalized spacial score (nSPS) is 11.0. The van der Waals surface area contributed by atoms with Crippen molar-refractivity contribution in [1.29, 1.82) is 0 Å². The predicted octanol–water partition coefficient (Wildman–Crippen LogP) is 13.1. The van der Waals surface area contributed by atoms with Crippen LogP contribution in [0.15, 0.2) is 218 Å². The fourth-order valence-corrected chi connectivity index (χ4v) is 7.34. The van der Waals surface area contributed by atoms with Crippen LogP contribution in [-0.4, -0.2) is 29.9 Å². The zero-order chi connectivity index (χ0) is 40.1. The number of benzene rings is 8. The molecule has 0 aliphatic carbocycles. The maximum atomic E-state index is 5.14. The highest BCUT2D eigenvalue weighted by atomic mass is 15.0. The van der Waals surface area contributed by atoms with E-state index in [0.717, 1.165) is 66.8 Å². The lowest BCUT2D eigenvalue weighted by Crippen LogP contribution is -2.01. The van der Waals surface area contributed by atoms with Crippen molar-refractivity contribution in [2.24, 2.45) is 0 Å². The first-order valence-electron chi connectivity index (χ1n) is 19.9. The molecular formula is C54H36N6. The minimum absolute atomic E-state index is 0.589. The lowest BCUT2D eigenvalue weighted by atomic mass is 9.93. The number of hydrogen-bond acceptors (Lipinski definition) is 6.